The van der Waals surface area contributed by atoms with Crippen molar-refractivity contribution in [1.82, 2.24) is 9.78 Å². The van der Waals surface area contributed by atoms with Crippen molar-refractivity contribution in [2.75, 3.05) is 5.32 Å². The number of nitrogens with zero attached hydrogens (tertiary/aromatic N) is 2. The van der Waals surface area contributed by atoms with Crippen LogP contribution in [0.3, 0.4) is 0 Å². The molecule has 0 aliphatic carbocycles. The van der Waals surface area contributed by atoms with Crippen LogP contribution < -0.4 is 5.32 Å². The summed E-state index contributed by atoms with van der Waals surface area (Å²) in [5.74, 6) is -0.300. The third-order valence-corrected chi connectivity index (χ3v) is 2.50. The topological polar surface area (TPSA) is 46.9 Å². The predicted molar refractivity (Wildman–Crippen MR) is 66.6 cm³/mol. The minimum Gasteiger partial charge on any atom is -0.323 e. The Morgan fingerprint density at radius 1 is 1.39 bits per heavy atom. The highest BCUT2D eigenvalue weighted by molar-refractivity contribution is 5.90. The molecule has 1 aromatic heterocycles. The number of rotatable bonds is 4. The molecule has 94 valence electrons. The molecule has 2 aromatic rings. The molecule has 2 rings (SSSR count). The van der Waals surface area contributed by atoms with Crippen LogP contribution in [-0.4, -0.2) is 15.7 Å². The fourth-order valence-electron chi connectivity index (χ4n) is 1.54. The van der Waals surface area contributed by atoms with Crippen LogP contribution >= 0.6 is 0 Å². The second kappa shape index (κ2) is 5.44. The first kappa shape index (κ1) is 12.3. The van der Waals surface area contributed by atoms with Crippen LogP contribution in [0.2, 0.25) is 0 Å². The molecule has 0 fully saturated rings. The highest BCUT2D eigenvalue weighted by atomic mass is 19.1. The number of amides is 1. The van der Waals surface area contributed by atoms with E-state index in [2.05, 4.69) is 10.4 Å². The highest BCUT2D eigenvalue weighted by Crippen LogP contribution is 2.09. The van der Waals surface area contributed by atoms with Crippen molar-refractivity contribution in [3.05, 3.63) is 48.0 Å². The third-order valence-electron chi connectivity index (χ3n) is 2.50. The second-order valence-corrected chi connectivity index (χ2v) is 3.95. The quantitative estimate of drug-likeness (QED) is 0.901. The Morgan fingerprint density at radius 3 is 2.78 bits per heavy atom. The first-order valence-corrected chi connectivity index (χ1v) is 5.74. The van der Waals surface area contributed by atoms with Crippen LogP contribution in [0, 0.1) is 5.82 Å². The number of anilines is 1. The molecule has 1 N–H and O–H groups in total. The van der Waals surface area contributed by atoms with Gasteiger partial charge in [0, 0.05) is 12.6 Å². The standard InChI is InChI=1S/C13H14FN3O/c1-2-13(18)16-12-7-15-17(9-12)8-10-3-5-11(14)6-4-10/h3-7,9H,2,8H2,1H3,(H,16,18). The van der Waals surface area contributed by atoms with Crippen molar-refractivity contribution in [2.24, 2.45) is 0 Å². The van der Waals surface area contributed by atoms with Crippen LogP contribution in [0.15, 0.2) is 36.7 Å². The monoisotopic (exact) mass is 247 g/mol. The normalized spacial score (nSPS) is 10.3. The van der Waals surface area contributed by atoms with E-state index >= 15 is 0 Å². The number of hydrogen-bond acceptors (Lipinski definition) is 2. The molecule has 4 nitrogen and oxygen atoms in total. The van der Waals surface area contributed by atoms with Gasteiger partial charge in [0.15, 0.2) is 0 Å². The van der Waals surface area contributed by atoms with E-state index in [9.17, 15) is 9.18 Å². The number of benzene rings is 1. The molecule has 0 bridgehead atoms. The van der Waals surface area contributed by atoms with E-state index in [0.717, 1.165) is 5.56 Å². The summed E-state index contributed by atoms with van der Waals surface area (Å²) in [7, 11) is 0. The Balaban J connectivity index is 2.02. The lowest BCUT2D eigenvalue weighted by Crippen LogP contribution is -2.08. The van der Waals surface area contributed by atoms with E-state index < -0.39 is 0 Å². The van der Waals surface area contributed by atoms with Crippen molar-refractivity contribution >= 4 is 11.6 Å². The van der Waals surface area contributed by atoms with Crippen LogP contribution in [0.1, 0.15) is 18.9 Å². The molecular formula is C13H14FN3O. The molecule has 1 aromatic carbocycles. The smallest absolute Gasteiger partial charge is 0.224 e. The summed E-state index contributed by atoms with van der Waals surface area (Å²) in [5, 5.41) is 6.85. The molecule has 0 atom stereocenters. The zero-order valence-electron chi connectivity index (χ0n) is 10.1. The van der Waals surface area contributed by atoms with Crippen LogP contribution in [0.4, 0.5) is 10.1 Å². The van der Waals surface area contributed by atoms with Crippen LogP contribution in [0.25, 0.3) is 0 Å². The van der Waals surface area contributed by atoms with Gasteiger partial charge in [-0.2, -0.15) is 5.10 Å². The number of carbonyl (C=O) groups is 1. The summed E-state index contributed by atoms with van der Waals surface area (Å²) in [6.07, 6.45) is 3.77. The molecule has 0 saturated heterocycles. The van der Waals surface area contributed by atoms with Crippen LogP contribution in [-0.2, 0) is 11.3 Å². The van der Waals surface area contributed by atoms with Crippen molar-refractivity contribution in [3.63, 3.8) is 0 Å². The van der Waals surface area contributed by atoms with Crippen LogP contribution in [0.5, 0.6) is 0 Å². The number of aromatic nitrogens is 2. The Kier molecular flexibility index (Phi) is 3.72. The van der Waals surface area contributed by atoms with E-state index in [-0.39, 0.29) is 11.7 Å². The summed E-state index contributed by atoms with van der Waals surface area (Å²) in [6, 6.07) is 6.25. The molecule has 1 heterocycles. The zero-order valence-corrected chi connectivity index (χ0v) is 10.1. The second-order valence-electron chi connectivity index (χ2n) is 3.95. The third kappa shape index (κ3) is 3.16. The van der Waals surface area contributed by atoms with Gasteiger partial charge in [-0.05, 0) is 17.7 Å². The maximum Gasteiger partial charge on any atom is 0.224 e. The summed E-state index contributed by atoms with van der Waals surface area (Å²) in [6.45, 7) is 2.33. The molecule has 0 aliphatic heterocycles. The Hall–Kier alpha value is -2.17. The van der Waals surface area contributed by atoms with E-state index in [4.69, 9.17) is 0 Å². The highest BCUT2D eigenvalue weighted by Gasteiger charge is 2.02. The molecule has 0 saturated carbocycles. The van der Waals surface area contributed by atoms with Gasteiger partial charge >= 0.3 is 0 Å². The van der Waals surface area contributed by atoms with E-state index in [1.165, 1.54) is 12.1 Å². The molecule has 18 heavy (non-hydrogen) atoms. The lowest BCUT2D eigenvalue weighted by molar-refractivity contribution is -0.115. The summed E-state index contributed by atoms with van der Waals surface area (Å²) < 4.78 is 14.4. The minimum atomic E-state index is -0.255. The number of carbonyl (C=O) groups excluding carboxylic acids is 1. The summed E-state index contributed by atoms with van der Waals surface area (Å²) in [4.78, 5) is 11.2. The largest absolute Gasteiger partial charge is 0.323 e. The maximum atomic E-state index is 12.7. The van der Waals surface area contributed by atoms with Gasteiger partial charge in [-0.15, -0.1) is 0 Å². The Labute approximate surface area is 104 Å². The van der Waals surface area contributed by atoms with Crippen molar-refractivity contribution in [2.45, 2.75) is 19.9 Å². The fourth-order valence-corrected chi connectivity index (χ4v) is 1.54. The lowest BCUT2D eigenvalue weighted by Gasteiger charge is -2.01. The average molecular weight is 247 g/mol. The molecule has 5 heteroatoms. The molecule has 0 spiro atoms. The first-order valence-electron chi connectivity index (χ1n) is 5.74. The van der Waals surface area contributed by atoms with Gasteiger partial charge in [0.25, 0.3) is 0 Å². The van der Waals surface area contributed by atoms with Gasteiger partial charge in [-0.25, -0.2) is 4.39 Å². The molecular weight excluding hydrogens is 233 g/mol. The maximum absolute atomic E-state index is 12.7. The minimum absolute atomic E-state index is 0.0451. The SMILES string of the molecule is CCC(=O)Nc1cnn(Cc2ccc(F)cc2)c1. The number of hydrogen-bond donors (Lipinski definition) is 1. The Morgan fingerprint density at radius 2 is 2.11 bits per heavy atom. The fraction of sp³-hybridized carbons (Fsp3) is 0.231. The zero-order chi connectivity index (χ0) is 13.0. The van der Waals surface area contributed by atoms with Crippen molar-refractivity contribution < 1.29 is 9.18 Å². The van der Waals surface area contributed by atoms with Gasteiger partial charge in [0.2, 0.25) is 5.91 Å². The van der Waals surface area contributed by atoms with Gasteiger partial charge < -0.3 is 5.32 Å². The number of halogens is 1. The molecule has 1 amide bonds. The van der Waals surface area contributed by atoms with Crippen molar-refractivity contribution in [1.29, 1.82) is 0 Å². The summed E-state index contributed by atoms with van der Waals surface area (Å²) in [5.41, 5.74) is 1.62. The Bertz CT molecular complexity index is 533. The molecule has 0 radical (unpaired) electrons. The van der Waals surface area contributed by atoms with Gasteiger partial charge in [-0.3, -0.25) is 9.48 Å². The average Bonchev–Trinajstić information content (AvgIpc) is 2.79. The van der Waals surface area contributed by atoms with Gasteiger partial charge in [0.1, 0.15) is 5.82 Å². The van der Waals surface area contributed by atoms with E-state index in [1.54, 1.807) is 36.1 Å². The van der Waals surface area contributed by atoms with E-state index in [1.807, 2.05) is 0 Å². The summed E-state index contributed by atoms with van der Waals surface area (Å²) >= 11 is 0. The predicted octanol–water partition coefficient (Wildman–Crippen LogP) is 2.42. The lowest BCUT2D eigenvalue weighted by atomic mass is 10.2. The first-order chi connectivity index (χ1) is 8.67. The van der Waals surface area contributed by atoms with Gasteiger partial charge in [-0.1, -0.05) is 19.1 Å². The molecule has 0 aliphatic rings. The van der Waals surface area contributed by atoms with E-state index in [0.29, 0.717) is 18.7 Å². The van der Waals surface area contributed by atoms with Crippen molar-refractivity contribution in [3.8, 4) is 0 Å². The molecule has 0 unspecified atom stereocenters. The number of nitrogens with one attached hydrogen (secondary N) is 1. The van der Waals surface area contributed by atoms with Gasteiger partial charge in [0.05, 0.1) is 18.4 Å².